The number of aromatic nitrogens is 2. The first kappa shape index (κ1) is 26.0. The maximum atomic E-state index is 13.4. The molecule has 6 rings (SSSR count). The number of morpholine rings is 1. The van der Waals surface area contributed by atoms with Crippen molar-refractivity contribution in [3.8, 4) is 16.9 Å². The summed E-state index contributed by atoms with van der Waals surface area (Å²) in [5.41, 5.74) is 2.83. The van der Waals surface area contributed by atoms with Crippen LogP contribution in [0.15, 0.2) is 75.6 Å². The van der Waals surface area contributed by atoms with E-state index in [-0.39, 0.29) is 10.8 Å². The van der Waals surface area contributed by atoms with Gasteiger partial charge in [-0.25, -0.2) is 13.1 Å². The number of carbonyl (C=O) groups excluding carboxylic acids is 1. The minimum atomic E-state index is -3.61. The van der Waals surface area contributed by atoms with Gasteiger partial charge in [0, 0.05) is 43.5 Å². The van der Waals surface area contributed by atoms with Crippen LogP contribution in [-0.4, -0.2) is 77.9 Å². The normalized spacial score (nSPS) is 20.0. The van der Waals surface area contributed by atoms with Gasteiger partial charge in [-0.05, 0) is 54.9 Å². The third-order valence-corrected chi connectivity index (χ3v) is 9.94. The van der Waals surface area contributed by atoms with Gasteiger partial charge in [0.2, 0.25) is 10.0 Å². The van der Waals surface area contributed by atoms with Crippen LogP contribution < -0.4 is 0 Å². The van der Waals surface area contributed by atoms with Crippen molar-refractivity contribution in [2.24, 2.45) is 4.99 Å². The number of carbonyl (C=O) groups is 1. The van der Waals surface area contributed by atoms with Crippen LogP contribution in [0.25, 0.3) is 23.0 Å². The van der Waals surface area contributed by atoms with E-state index in [1.165, 1.54) is 11.8 Å². The molecule has 4 heterocycles. The molecule has 9 nitrogen and oxygen atoms in total. The summed E-state index contributed by atoms with van der Waals surface area (Å²) in [6.45, 7) is 3.69. The molecule has 0 N–H and O–H groups in total. The van der Waals surface area contributed by atoms with Crippen LogP contribution in [0.4, 0.5) is 0 Å². The number of hydrogen-bond acceptors (Lipinski definition) is 7. The van der Waals surface area contributed by atoms with Crippen molar-refractivity contribution in [3.05, 3.63) is 71.3 Å². The number of sulfonamides is 1. The van der Waals surface area contributed by atoms with E-state index in [4.69, 9.17) is 9.84 Å². The van der Waals surface area contributed by atoms with Gasteiger partial charge in [0.15, 0.2) is 5.17 Å². The molecule has 2 aromatic carbocycles. The molecule has 0 saturated carbocycles. The minimum Gasteiger partial charge on any atom is -0.378 e. The van der Waals surface area contributed by atoms with Crippen LogP contribution >= 0.6 is 11.8 Å². The van der Waals surface area contributed by atoms with Crippen LogP contribution in [0.2, 0.25) is 0 Å². The average molecular weight is 564 g/mol. The van der Waals surface area contributed by atoms with Crippen molar-refractivity contribution < 1.29 is 17.9 Å². The maximum Gasteiger partial charge on any atom is 0.286 e. The number of amides is 1. The van der Waals surface area contributed by atoms with E-state index in [0.717, 1.165) is 24.9 Å². The van der Waals surface area contributed by atoms with Crippen molar-refractivity contribution in [3.63, 3.8) is 0 Å². The van der Waals surface area contributed by atoms with Crippen LogP contribution in [-0.2, 0) is 19.6 Å². The van der Waals surface area contributed by atoms with Gasteiger partial charge in [-0.15, -0.1) is 0 Å². The van der Waals surface area contributed by atoms with Gasteiger partial charge in [0.25, 0.3) is 5.91 Å². The van der Waals surface area contributed by atoms with Gasteiger partial charge < -0.3 is 9.64 Å². The zero-order chi connectivity index (χ0) is 26.8. The molecule has 3 aliphatic rings. The first-order chi connectivity index (χ1) is 19.0. The van der Waals surface area contributed by atoms with Crippen molar-refractivity contribution in [1.82, 2.24) is 19.0 Å². The topological polar surface area (TPSA) is 97.1 Å². The van der Waals surface area contributed by atoms with Crippen LogP contribution in [0.5, 0.6) is 0 Å². The molecule has 2 fully saturated rings. The fourth-order valence-electron chi connectivity index (χ4n) is 4.92. The highest BCUT2D eigenvalue weighted by Gasteiger charge is 2.29. The summed E-state index contributed by atoms with van der Waals surface area (Å²) in [6, 6.07) is 16.6. The summed E-state index contributed by atoms with van der Waals surface area (Å²) < 4.78 is 35.6. The second kappa shape index (κ2) is 11.1. The lowest BCUT2D eigenvalue weighted by atomic mass is 10.1. The zero-order valence-electron chi connectivity index (χ0n) is 21.4. The largest absolute Gasteiger partial charge is 0.378 e. The van der Waals surface area contributed by atoms with Gasteiger partial charge in [0.1, 0.15) is 5.69 Å². The number of benzene rings is 2. The number of piperidine rings is 1. The summed E-state index contributed by atoms with van der Waals surface area (Å²) >= 11 is 1.35. The molecular formula is C28H29N5O4S2. The summed E-state index contributed by atoms with van der Waals surface area (Å²) in [4.78, 5) is 20.0. The molecule has 39 heavy (non-hydrogen) atoms. The predicted molar refractivity (Wildman–Crippen MR) is 152 cm³/mol. The third-order valence-electron chi connectivity index (χ3n) is 7.00. The first-order valence-electron chi connectivity index (χ1n) is 13.1. The number of amidine groups is 1. The van der Waals surface area contributed by atoms with E-state index in [0.29, 0.717) is 66.3 Å². The van der Waals surface area contributed by atoms with Crippen molar-refractivity contribution >= 4 is 38.9 Å². The molecule has 0 spiro atoms. The standard InChI is InChI=1S/C28H29N5O4S2/c34-27-25(38-28(29-27)31-14-16-37-17-15-31)19-22-20-33(23-9-3-1-4-10-23)30-26(22)21-8-7-11-24(18-21)39(35,36)32-12-5-2-6-13-32/h1,3-4,7-11,18-20H,2,5-6,12-17H2. The molecule has 0 aliphatic carbocycles. The van der Waals surface area contributed by atoms with Crippen molar-refractivity contribution in [2.45, 2.75) is 24.2 Å². The van der Waals surface area contributed by atoms with Crippen molar-refractivity contribution in [1.29, 1.82) is 0 Å². The lowest BCUT2D eigenvalue weighted by Gasteiger charge is -2.27. The number of thioether (sulfide) groups is 1. The molecule has 202 valence electrons. The number of aliphatic imine (C=N–C) groups is 1. The highest BCUT2D eigenvalue weighted by molar-refractivity contribution is 8.18. The minimum absolute atomic E-state index is 0.249. The van der Waals surface area contributed by atoms with E-state index >= 15 is 0 Å². The number of nitrogens with zero attached hydrogens (tertiary/aromatic N) is 5. The summed E-state index contributed by atoms with van der Waals surface area (Å²) in [5, 5.41) is 5.52. The fraction of sp³-hybridized carbons (Fsp3) is 0.321. The molecule has 11 heteroatoms. The van der Waals surface area contributed by atoms with Crippen LogP contribution in [0.1, 0.15) is 24.8 Å². The smallest absolute Gasteiger partial charge is 0.286 e. The maximum absolute atomic E-state index is 13.4. The van der Waals surface area contributed by atoms with Gasteiger partial charge in [-0.2, -0.15) is 14.4 Å². The Kier molecular flexibility index (Phi) is 7.39. The molecule has 3 aromatic rings. The Balaban J connectivity index is 1.37. The fourth-order valence-corrected chi connectivity index (χ4v) is 7.44. The first-order valence-corrected chi connectivity index (χ1v) is 15.4. The molecule has 0 atom stereocenters. The Morgan fingerprint density at radius 1 is 0.923 bits per heavy atom. The molecule has 0 unspecified atom stereocenters. The Bertz CT molecular complexity index is 1540. The Morgan fingerprint density at radius 2 is 1.69 bits per heavy atom. The van der Waals surface area contributed by atoms with Crippen molar-refractivity contribution in [2.75, 3.05) is 39.4 Å². The van der Waals surface area contributed by atoms with E-state index < -0.39 is 10.0 Å². The number of para-hydroxylation sites is 1. The predicted octanol–water partition coefficient (Wildman–Crippen LogP) is 4.02. The number of hydrogen-bond donors (Lipinski definition) is 0. The molecule has 0 bridgehead atoms. The highest BCUT2D eigenvalue weighted by Crippen LogP contribution is 2.34. The Hall–Kier alpha value is -3.25. The van der Waals surface area contributed by atoms with Gasteiger partial charge >= 0.3 is 0 Å². The SMILES string of the molecule is O=C1N=C(N2CCOCC2)SC1=Cc1cn(-c2ccccc2)nc1-c1cccc(S(=O)(=O)N2CCCCC2)c1. The molecule has 3 aliphatic heterocycles. The summed E-state index contributed by atoms with van der Waals surface area (Å²) in [6.07, 6.45) is 6.47. The van der Waals surface area contributed by atoms with Gasteiger partial charge in [-0.1, -0.05) is 36.8 Å². The lowest BCUT2D eigenvalue weighted by molar-refractivity contribution is -0.113. The number of rotatable bonds is 5. The Morgan fingerprint density at radius 3 is 2.46 bits per heavy atom. The molecule has 1 amide bonds. The monoisotopic (exact) mass is 563 g/mol. The number of ether oxygens (including phenoxy) is 1. The average Bonchev–Trinajstić information content (AvgIpc) is 3.58. The van der Waals surface area contributed by atoms with E-state index in [9.17, 15) is 13.2 Å². The zero-order valence-corrected chi connectivity index (χ0v) is 23.0. The van der Waals surface area contributed by atoms with Gasteiger partial charge in [-0.3, -0.25) is 4.79 Å². The quantitative estimate of drug-likeness (QED) is 0.433. The molecular weight excluding hydrogens is 534 g/mol. The second-order valence-corrected chi connectivity index (χ2v) is 12.6. The summed E-state index contributed by atoms with van der Waals surface area (Å²) in [5.74, 6) is -0.290. The van der Waals surface area contributed by atoms with E-state index in [1.807, 2.05) is 42.6 Å². The van der Waals surface area contributed by atoms with Crippen LogP contribution in [0, 0.1) is 0 Å². The van der Waals surface area contributed by atoms with E-state index in [2.05, 4.69) is 9.89 Å². The Labute approximate surface area is 232 Å². The van der Waals surface area contributed by atoms with Crippen LogP contribution in [0.3, 0.4) is 0 Å². The lowest BCUT2D eigenvalue weighted by Crippen LogP contribution is -2.38. The third kappa shape index (κ3) is 5.44. The molecule has 2 saturated heterocycles. The molecule has 1 aromatic heterocycles. The second-order valence-electron chi connectivity index (χ2n) is 9.62. The van der Waals surface area contributed by atoms with Gasteiger partial charge in [0.05, 0.1) is 28.7 Å². The highest BCUT2D eigenvalue weighted by atomic mass is 32.2. The van der Waals surface area contributed by atoms with E-state index in [1.54, 1.807) is 33.3 Å². The summed E-state index contributed by atoms with van der Waals surface area (Å²) in [7, 11) is -3.61. The molecule has 0 radical (unpaired) electrons.